The fourth-order valence-electron chi connectivity index (χ4n) is 1.80. The summed E-state index contributed by atoms with van der Waals surface area (Å²) in [6.45, 7) is 2.25. The van der Waals surface area contributed by atoms with E-state index in [1.54, 1.807) is 0 Å². The highest BCUT2D eigenvalue weighted by atomic mass is 16.5. The molecule has 5 nitrogen and oxygen atoms in total. The van der Waals surface area contributed by atoms with E-state index >= 15 is 0 Å². The van der Waals surface area contributed by atoms with Crippen molar-refractivity contribution in [2.75, 3.05) is 19.8 Å². The summed E-state index contributed by atoms with van der Waals surface area (Å²) in [5.74, 6) is 2.32. The average molecular weight is 209 g/mol. The van der Waals surface area contributed by atoms with E-state index in [0.29, 0.717) is 12.5 Å². The SMILES string of the molecule is C1COCC(c2nc(CC3CC3)no2)N1. The summed E-state index contributed by atoms with van der Waals surface area (Å²) in [5.41, 5.74) is 0. The summed E-state index contributed by atoms with van der Waals surface area (Å²) in [4.78, 5) is 4.39. The van der Waals surface area contributed by atoms with Gasteiger partial charge in [-0.15, -0.1) is 0 Å². The standard InChI is InChI=1S/C10H15N3O2/c1-2-7(1)5-9-12-10(15-13-9)8-6-14-4-3-11-8/h7-8,11H,1-6H2. The predicted molar refractivity (Wildman–Crippen MR) is 52.3 cm³/mol. The molecule has 0 amide bonds. The summed E-state index contributed by atoms with van der Waals surface area (Å²) < 4.78 is 10.6. The van der Waals surface area contributed by atoms with Crippen LogP contribution < -0.4 is 5.32 Å². The number of aromatic nitrogens is 2. The first-order valence-corrected chi connectivity index (χ1v) is 5.55. The first kappa shape index (κ1) is 9.30. The molecule has 0 aromatic carbocycles. The molecule has 1 aliphatic carbocycles. The zero-order chi connectivity index (χ0) is 10.1. The number of nitrogens with one attached hydrogen (secondary N) is 1. The summed E-state index contributed by atoms with van der Waals surface area (Å²) in [5, 5.41) is 7.29. The molecular weight excluding hydrogens is 194 g/mol. The van der Waals surface area contributed by atoms with Crippen LogP contribution in [0.3, 0.4) is 0 Å². The van der Waals surface area contributed by atoms with Crippen molar-refractivity contribution >= 4 is 0 Å². The summed E-state index contributed by atoms with van der Waals surface area (Å²) >= 11 is 0. The minimum absolute atomic E-state index is 0.0826. The molecule has 15 heavy (non-hydrogen) atoms. The Labute approximate surface area is 88.2 Å². The second kappa shape index (κ2) is 3.90. The molecule has 0 radical (unpaired) electrons. The van der Waals surface area contributed by atoms with Crippen molar-refractivity contribution in [1.82, 2.24) is 15.5 Å². The lowest BCUT2D eigenvalue weighted by atomic mass is 10.2. The maximum absolute atomic E-state index is 5.35. The first-order chi connectivity index (χ1) is 7.42. The Morgan fingerprint density at radius 3 is 3.07 bits per heavy atom. The Balaban J connectivity index is 1.65. The third kappa shape index (κ3) is 2.18. The zero-order valence-corrected chi connectivity index (χ0v) is 8.61. The molecule has 2 aliphatic rings. The van der Waals surface area contributed by atoms with Crippen molar-refractivity contribution in [2.24, 2.45) is 5.92 Å². The third-order valence-electron chi connectivity index (χ3n) is 2.87. The smallest absolute Gasteiger partial charge is 0.246 e. The van der Waals surface area contributed by atoms with E-state index in [-0.39, 0.29) is 6.04 Å². The Morgan fingerprint density at radius 1 is 1.40 bits per heavy atom. The number of nitrogens with zero attached hydrogens (tertiary/aromatic N) is 2. The van der Waals surface area contributed by atoms with Gasteiger partial charge >= 0.3 is 0 Å². The maximum Gasteiger partial charge on any atom is 0.246 e. The minimum Gasteiger partial charge on any atom is -0.378 e. The number of ether oxygens (including phenoxy) is 1. The Kier molecular flexibility index (Phi) is 2.42. The van der Waals surface area contributed by atoms with Crippen molar-refractivity contribution in [3.8, 4) is 0 Å². The highest BCUT2D eigenvalue weighted by Gasteiger charge is 2.26. The molecule has 1 unspecified atom stereocenters. The number of rotatable bonds is 3. The summed E-state index contributed by atoms with van der Waals surface area (Å²) in [6, 6.07) is 0.0826. The molecule has 3 rings (SSSR count). The molecule has 5 heteroatoms. The van der Waals surface area contributed by atoms with Crippen LogP contribution in [0.15, 0.2) is 4.52 Å². The van der Waals surface area contributed by atoms with E-state index < -0.39 is 0 Å². The molecule has 2 heterocycles. The molecule has 2 fully saturated rings. The van der Waals surface area contributed by atoms with E-state index in [9.17, 15) is 0 Å². The van der Waals surface area contributed by atoms with E-state index in [0.717, 1.165) is 31.3 Å². The molecular formula is C10H15N3O2. The van der Waals surface area contributed by atoms with Crippen LogP contribution in [-0.2, 0) is 11.2 Å². The zero-order valence-electron chi connectivity index (χ0n) is 8.61. The normalized spacial score (nSPS) is 26.8. The molecule has 1 saturated heterocycles. The Bertz CT molecular complexity index is 329. The largest absolute Gasteiger partial charge is 0.378 e. The van der Waals surface area contributed by atoms with Crippen LogP contribution >= 0.6 is 0 Å². The van der Waals surface area contributed by atoms with Crippen molar-refractivity contribution in [3.05, 3.63) is 11.7 Å². The van der Waals surface area contributed by atoms with Gasteiger partial charge in [-0.25, -0.2) is 0 Å². The lowest BCUT2D eigenvalue weighted by Crippen LogP contribution is -2.34. The second-order valence-corrected chi connectivity index (χ2v) is 4.28. The van der Waals surface area contributed by atoms with Gasteiger partial charge in [0.1, 0.15) is 6.04 Å². The molecule has 82 valence electrons. The monoisotopic (exact) mass is 209 g/mol. The van der Waals surface area contributed by atoms with E-state index in [1.807, 2.05) is 0 Å². The molecule has 0 spiro atoms. The lowest BCUT2D eigenvalue weighted by Gasteiger charge is -2.20. The lowest BCUT2D eigenvalue weighted by molar-refractivity contribution is 0.0659. The van der Waals surface area contributed by atoms with Crippen LogP contribution in [0.1, 0.15) is 30.6 Å². The Hall–Kier alpha value is -0.940. The number of hydrogen-bond acceptors (Lipinski definition) is 5. The maximum atomic E-state index is 5.35. The quantitative estimate of drug-likeness (QED) is 0.793. The van der Waals surface area contributed by atoms with E-state index in [4.69, 9.17) is 9.26 Å². The van der Waals surface area contributed by atoms with E-state index in [1.165, 1.54) is 12.8 Å². The van der Waals surface area contributed by atoms with Gasteiger partial charge in [-0.05, 0) is 18.8 Å². The topological polar surface area (TPSA) is 60.2 Å². The molecule has 0 bridgehead atoms. The van der Waals surface area contributed by atoms with Gasteiger partial charge in [-0.3, -0.25) is 0 Å². The van der Waals surface area contributed by atoms with Gasteiger partial charge in [-0.2, -0.15) is 4.98 Å². The van der Waals surface area contributed by atoms with Gasteiger partial charge in [0.15, 0.2) is 5.82 Å². The molecule has 1 aromatic heterocycles. The number of hydrogen-bond donors (Lipinski definition) is 1. The van der Waals surface area contributed by atoms with Crippen LogP contribution in [0.5, 0.6) is 0 Å². The minimum atomic E-state index is 0.0826. The van der Waals surface area contributed by atoms with Crippen LogP contribution in [0.25, 0.3) is 0 Å². The van der Waals surface area contributed by atoms with Gasteiger partial charge in [0, 0.05) is 13.0 Å². The van der Waals surface area contributed by atoms with Gasteiger partial charge in [-0.1, -0.05) is 5.16 Å². The average Bonchev–Trinajstić information content (AvgIpc) is 2.96. The Morgan fingerprint density at radius 2 is 2.33 bits per heavy atom. The summed E-state index contributed by atoms with van der Waals surface area (Å²) in [7, 11) is 0. The van der Waals surface area contributed by atoms with Crippen LogP contribution in [-0.4, -0.2) is 29.9 Å². The number of morpholine rings is 1. The molecule has 1 N–H and O–H groups in total. The van der Waals surface area contributed by atoms with Crippen LogP contribution in [0.4, 0.5) is 0 Å². The molecule has 1 atom stereocenters. The van der Waals surface area contributed by atoms with Crippen LogP contribution in [0, 0.1) is 5.92 Å². The fourth-order valence-corrected chi connectivity index (χ4v) is 1.80. The van der Waals surface area contributed by atoms with Gasteiger partial charge in [0.05, 0.1) is 13.2 Å². The third-order valence-corrected chi connectivity index (χ3v) is 2.87. The highest BCUT2D eigenvalue weighted by molar-refractivity contribution is 4.96. The fraction of sp³-hybridized carbons (Fsp3) is 0.800. The van der Waals surface area contributed by atoms with Crippen molar-refractivity contribution in [2.45, 2.75) is 25.3 Å². The predicted octanol–water partition coefficient (Wildman–Crippen LogP) is 0.683. The van der Waals surface area contributed by atoms with Gasteiger partial charge < -0.3 is 14.6 Å². The highest BCUT2D eigenvalue weighted by Crippen LogP contribution is 2.31. The van der Waals surface area contributed by atoms with Crippen LogP contribution in [0.2, 0.25) is 0 Å². The van der Waals surface area contributed by atoms with Crippen molar-refractivity contribution < 1.29 is 9.26 Å². The molecule has 1 saturated carbocycles. The molecule has 1 aromatic rings. The summed E-state index contributed by atoms with van der Waals surface area (Å²) in [6.07, 6.45) is 3.60. The van der Waals surface area contributed by atoms with E-state index in [2.05, 4.69) is 15.5 Å². The van der Waals surface area contributed by atoms with Crippen molar-refractivity contribution in [3.63, 3.8) is 0 Å². The second-order valence-electron chi connectivity index (χ2n) is 4.28. The van der Waals surface area contributed by atoms with Gasteiger partial charge in [0.2, 0.25) is 5.89 Å². The van der Waals surface area contributed by atoms with Gasteiger partial charge in [0.25, 0.3) is 0 Å². The molecule has 1 aliphatic heterocycles. The van der Waals surface area contributed by atoms with Crippen molar-refractivity contribution in [1.29, 1.82) is 0 Å². The first-order valence-electron chi connectivity index (χ1n) is 5.55.